The molecular formula is C20H25N3O2. The molecule has 2 aromatic rings. The molecule has 1 aromatic heterocycles. The molecule has 0 radical (unpaired) electrons. The molecule has 0 unspecified atom stereocenters. The number of para-hydroxylation sites is 1. The third kappa shape index (κ3) is 3.47. The van der Waals surface area contributed by atoms with Gasteiger partial charge in [-0.2, -0.15) is 0 Å². The number of hydrogen-bond acceptors (Lipinski definition) is 3. The van der Waals surface area contributed by atoms with E-state index in [1.165, 1.54) is 25.8 Å². The average molecular weight is 339 g/mol. The summed E-state index contributed by atoms with van der Waals surface area (Å²) in [7, 11) is 0. The van der Waals surface area contributed by atoms with E-state index < -0.39 is 0 Å². The van der Waals surface area contributed by atoms with Gasteiger partial charge < -0.3 is 14.8 Å². The zero-order valence-electron chi connectivity index (χ0n) is 14.7. The van der Waals surface area contributed by atoms with Crippen LogP contribution in [0.15, 0.2) is 35.1 Å². The van der Waals surface area contributed by atoms with Gasteiger partial charge in [0.1, 0.15) is 6.54 Å². The van der Waals surface area contributed by atoms with Crippen molar-refractivity contribution in [2.45, 2.75) is 38.8 Å². The fraction of sp³-hybridized carbons (Fsp3) is 0.500. The number of aromatic nitrogens is 1. The van der Waals surface area contributed by atoms with Crippen LogP contribution in [0.4, 0.5) is 0 Å². The molecule has 2 aliphatic rings. The predicted octanol–water partition coefficient (Wildman–Crippen LogP) is 1.91. The van der Waals surface area contributed by atoms with E-state index in [0.29, 0.717) is 11.3 Å². The zero-order chi connectivity index (χ0) is 17.4. The Labute approximate surface area is 147 Å². The maximum Gasteiger partial charge on any atom is 0.239 e. The lowest BCUT2D eigenvalue weighted by Gasteiger charge is -2.17. The Bertz CT molecular complexity index is 854. The Morgan fingerprint density at radius 3 is 2.84 bits per heavy atom. The molecule has 1 aromatic carbocycles. The maximum absolute atomic E-state index is 12.5. The summed E-state index contributed by atoms with van der Waals surface area (Å²) in [4.78, 5) is 27.1. The summed E-state index contributed by atoms with van der Waals surface area (Å²) < 4.78 is 1.93. The first-order valence-corrected chi connectivity index (χ1v) is 9.22. The van der Waals surface area contributed by atoms with Crippen LogP contribution in [0.3, 0.4) is 0 Å². The largest absolute Gasteiger partial charge is 0.354 e. The van der Waals surface area contributed by atoms with Crippen molar-refractivity contribution in [1.29, 1.82) is 0 Å². The van der Waals surface area contributed by atoms with Crippen molar-refractivity contribution in [1.82, 2.24) is 14.8 Å². The number of pyridine rings is 1. The highest BCUT2D eigenvalue weighted by molar-refractivity contribution is 5.82. The van der Waals surface area contributed by atoms with Gasteiger partial charge in [0.15, 0.2) is 5.43 Å². The van der Waals surface area contributed by atoms with Gasteiger partial charge in [-0.25, -0.2) is 0 Å². The molecule has 0 spiro atoms. The third-order valence-corrected chi connectivity index (χ3v) is 5.50. The standard InChI is InChI=1S/C20H25N3O2/c1-14-10-19(24)17-4-2-3-5-18(17)23(14)13-20(25)21-11-15-8-9-22(12-15)16-6-7-16/h2-5,10,15-16H,6-9,11-13H2,1H3,(H,21,25)/t15-/m1/s1. The number of carbonyl (C=O) groups excluding carboxylic acids is 1. The maximum atomic E-state index is 12.5. The normalized spacial score (nSPS) is 20.9. The molecule has 4 rings (SSSR count). The Morgan fingerprint density at radius 1 is 1.24 bits per heavy atom. The molecule has 5 heteroatoms. The molecule has 2 heterocycles. The van der Waals surface area contributed by atoms with Crippen LogP contribution in [0.1, 0.15) is 25.0 Å². The SMILES string of the molecule is Cc1cc(=O)c2ccccc2n1CC(=O)NC[C@H]1CCN(C2CC2)C1. The molecule has 25 heavy (non-hydrogen) atoms. The summed E-state index contributed by atoms with van der Waals surface area (Å²) in [6.07, 6.45) is 3.87. The summed E-state index contributed by atoms with van der Waals surface area (Å²) in [5.74, 6) is 0.582. The zero-order valence-corrected chi connectivity index (χ0v) is 14.7. The van der Waals surface area contributed by atoms with Crippen LogP contribution in [0.5, 0.6) is 0 Å². The van der Waals surface area contributed by atoms with Crippen LogP contribution in [0.2, 0.25) is 0 Å². The topological polar surface area (TPSA) is 54.3 Å². The number of carbonyl (C=O) groups is 1. The van der Waals surface area contributed by atoms with Crippen LogP contribution >= 0.6 is 0 Å². The molecule has 1 saturated carbocycles. The summed E-state index contributed by atoms with van der Waals surface area (Å²) >= 11 is 0. The first-order chi connectivity index (χ1) is 12.1. The second-order valence-electron chi connectivity index (χ2n) is 7.44. The van der Waals surface area contributed by atoms with Crippen LogP contribution in [0, 0.1) is 12.8 Å². The van der Waals surface area contributed by atoms with Gasteiger partial charge in [-0.3, -0.25) is 9.59 Å². The Morgan fingerprint density at radius 2 is 2.04 bits per heavy atom. The predicted molar refractivity (Wildman–Crippen MR) is 98.7 cm³/mol. The van der Waals surface area contributed by atoms with Crippen molar-refractivity contribution in [3.05, 3.63) is 46.2 Å². The molecule has 1 aliphatic heterocycles. The lowest BCUT2D eigenvalue weighted by atomic mass is 10.1. The van der Waals surface area contributed by atoms with Gasteiger partial charge in [0, 0.05) is 36.3 Å². The minimum absolute atomic E-state index is 0.0101. The second kappa shape index (κ2) is 6.64. The lowest BCUT2D eigenvalue weighted by molar-refractivity contribution is -0.121. The van der Waals surface area contributed by atoms with E-state index in [2.05, 4.69) is 10.2 Å². The van der Waals surface area contributed by atoms with E-state index in [9.17, 15) is 9.59 Å². The van der Waals surface area contributed by atoms with Crippen LogP contribution in [0.25, 0.3) is 10.9 Å². The van der Waals surface area contributed by atoms with E-state index >= 15 is 0 Å². The van der Waals surface area contributed by atoms with Gasteiger partial charge in [0.2, 0.25) is 5.91 Å². The summed E-state index contributed by atoms with van der Waals surface area (Å²) in [6, 6.07) is 9.91. The first-order valence-electron chi connectivity index (χ1n) is 9.22. The Hall–Kier alpha value is -2.14. The molecule has 1 N–H and O–H groups in total. The van der Waals surface area contributed by atoms with Crippen molar-refractivity contribution in [2.24, 2.45) is 5.92 Å². The van der Waals surface area contributed by atoms with Crippen molar-refractivity contribution in [2.75, 3.05) is 19.6 Å². The molecule has 1 atom stereocenters. The molecule has 132 valence electrons. The Balaban J connectivity index is 1.41. The van der Waals surface area contributed by atoms with Crippen LogP contribution in [-0.4, -0.2) is 41.1 Å². The minimum Gasteiger partial charge on any atom is -0.354 e. The van der Waals surface area contributed by atoms with E-state index in [0.717, 1.165) is 30.3 Å². The van der Waals surface area contributed by atoms with Gasteiger partial charge >= 0.3 is 0 Å². The summed E-state index contributed by atoms with van der Waals surface area (Å²) in [6.45, 7) is 5.18. The number of aryl methyl sites for hydroxylation is 1. The van der Waals surface area contributed by atoms with Gasteiger partial charge in [0.05, 0.1) is 5.52 Å². The van der Waals surface area contributed by atoms with E-state index in [1.807, 2.05) is 35.8 Å². The fourth-order valence-electron chi connectivity index (χ4n) is 3.92. The third-order valence-electron chi connectivity index (χ3n) is 5.50. The van der Waals surface area contributed by atoms with Crippen molar-refractivity contribution < 1.29 is 4.79 Å². The van der Waals surface area contributed by atoms with Crippen LogP contribution < -0.4 is 10.7 Å². The van der Waals surface area contributed by atoms with Gasteiger partial charge in [-0.15, -0.1) is 0 Å². The number of fused-ring (bicyclic) bond motifs is 1. The molecule has 0 bridgehead atoms. The van der Waals surface area contributed by atoms with E-state index in [4.69, 9.17) is 0 Å². The number of rotatable bonds is 5. The number of likely N-dealkylation sites (tertiary alicyclic amines) is 1. The average Bonchev–Trinajstić information content (AvgIpc) is 3.35. The molecule has 1 amide bonds. The highest BCUT2D eigenvalue weighted by Gasteiger charge is 2.34. The quantitative estimate of drug-likeness (QED) is 0.905. The number of benzene rings is 1. The molecule has 2 fully saturated rings. The van der Waals surface area contributed by atoms with Crippen molar-refractivity contribution in [3.8, 4) is 0 Å². The smallest absolute Gasteiger partial charge is 0.239 e. The highest BCUT2D eigenvalue weighted by atomic mass is 16.2. The first kappa shape index (κ1) is 16.3. The fourth-order valence-corrected chi connectivity index (χ4v) is 3.92. The number of amides is 1. The van der Waals surface area contributed by atoms with Crippen molar-refractivity contribution in [3.63, 3.8) is 0 Å². The lowest BCUT2D eigenvalue weighted by Crippen LogP contribution is -2.34. The summed E-state index contributed by atoms with van der Waals surface area (Å²) in [5.41, 5.74) is 1.65. The number of hydrogen-bond donors (Lipinski definition) is 1. The minimum atomic E-state index is 0.0101. The number of nitrogens with zero attached hydrogens (tertiary/aromatic N) is 2. The monoisotopic (exact) mass is 339 g/mol. The van der Waals surface area contributed by atoms with Gasteiger partial charge in [-0.1, -0.05) is 12.1 Å². The molecule has 1 aliphatic carbocycles. The van der Waals surface area contributed by atoms with Crippen LogP contribution in [-0.2, 0) is 11.3 Å². The van der Waals surface area contributed by atoms with Gasteiger partial charge in [0.25, 0.3) is 0 Å². The Kier molecular flexibility index (Phi) is 4.34. The van der Waals surface area contributed by atoms with E-state index in [-0.39, 0.29) is 17.9 Å². The molecule has 1 saturated heterocycles. The van der Waals surface area contributed by atoms with Crippen molar-refractivity contribution >= 4 is 16.8 Å². The number of nitrogens with one attached hydrogen (secondary N) is 1. The molecular weight excluding hydrogens is 314 g/mol. The molecule has 5 nitrogen and oxygen atoms in total. The van der Waals surface area contributed by atoms with Gasteiger partial charge in [-0.05, 0) is 50.8 Å². The second-order valence-corrected chi connectivity index (χ2v) is 7.44. The summed E-state index contributed by atoms with van der Waals surface area (Å²) in [5, 5.41) is 3.76. The van der Waals surface area contributed by atoms with E-state index in [1.54, 1.807) is 6.07 Å². The highest BCUT2D eigenvalue weighted by Crippen LogP contribution is 2.31.